The first-order chi connectivity index (χ1) is 8.75. The van der Waals surface area contributed by atoms with Crippen molar-refractivity contribution in [1.82, 2.24) is 4.90 Å². The molecular formula is C14H17NO3. The molecule has 1 saturated heterocycles. The molecule has 1 aliphatic heterocycles. The molecule has 4 heteroatoms. The molecular weight excluding hydrogens is 230 g/mol. The Bertz CT molecular complexity index is 434. The van der Waals surface area contributed by atoms with Crippen LogP contribution < -0.4 is 0 Å². The van der Waals surface area contributed by atoms with Gasteiger partial charge in [-0.05, 0) is 24.8 Å². The Morgan fingerprint density at radius 1 is 1.28 bits per heavy atom. The first-order valence-corrected chi connectivity index (χ1v) is 6.42. The van der Waals surface area contributed by atoms with Gasteiger partial charge in [-0.2, -0.15) is 0 Å². The van der Waals surface area contributed by atoms with Gasteiger partial charge in [-0.1, -0.05) is 30.3 Å². The van der Waals surface area contributed by atoms with Crippen LogP contribution in [0.25, 0.3) is 0 Å². The summed E-state index contributed by atoms with van der Waals surface area (Å²) in [7, 11) is 0. The van der Waals surface area contributed by atoms with Crippen molar-refractivity contribution in [3.05, 3.63) is 35.9 Å². The Kier molecular flexibility index (Phi) is 2.96. The van der Waals surface area contributed by atoms with Crippen LogP contribution >= 0.6 is 0 Å². The molecule has 96 valence electrons. The maximum Gasteiger partial charge on any atom is 0.407 e. The van der Waals surface area contributed by atoms with Crippen molar-refractivity contribution in [3.8, 4) is 0 Å². The number of ether oxygens (including phenoxy) is 1. The van der Waals surface area contributed by atoms with Gasteiger partial charge in [-0.3, -0.25) is 4.90 Å². The number of nitrogens with zero attached hydrogens (tertiary/aromatic N) is 1. The van der Waals surface area contributed by atoms with Gasteiger partial charge < -0.3 is 9.84 Å². The lowest BCUT2D eigenvalue weighted by Gasteiger charge is -2.19. The molecule has 3 atom stereocenters. The van der Waals surface area contributed by atoms with E-state index in [-0.39, 0.29) is 18.2 Å². The van der Waals surface area contributed by atoms with Crippen molar-refractivity contribution in [2.75, 3.05) is 0 Å². The lowest BCUT2D eigenvalue weighted by Crippen LogP contribution is -2.21. The van der Waals surface area contributed by atoms with Crippen LogP contribution in [-0.4, -0.2) is 34.3 Å². The van der Waals surface area contributed by atoms with E-state index in [0.717, 1.165) is 19.3 Å². The van der Waals surface area contributed by atoms with Gasteiger partial charge in [0.1, 0.15) is 0 Å². The molecule has 0 radical (unpaired) electrons. The molecule has 0 aromatic heterocycles. The van der Waals surface area contributed by atoms with Crippen LogP contribution in [0.4, 0.5) is 4.79 Å². The Morgan fingerprint density at radius 2 is 2.06 bits per heavy atom. The molecule has 1 N–H and O–H groups in total. The van der Waals surface area contributed by atoms with E-state index < -0.39 is 6.09 Å². The van der Waals surface area contributed by atoms with Crippen LogP contribution in [0, 0.1) is 0 Å². The molecule has 1 amide bonds. The second-order valence-corrected chi connectivity index (χ2v) is 5.06. The van der Waals surface area contributed by atoms with Gasteiger partial charge in [0.15, 0.2) is 0 Å². The summed E-state index contributed by atoms with van der Waals surface area (Å²) in [5.41, 5.74) is 1.17. The normalized spacial score (nSPS) is 29.8. The van der Waals surface area contributed by atoms with Gasteiger partial charge >= 0.3 is 6.09 Å². The van der Waals surface area contributed by atoms with E-state index in [2.05, 4.69) is 0 Å². The number of rotatable bonds is 3. The molecule has 3 rings (SSSR count). The summed E-state index contributed by atoms with van der Waals surface area (Å²) in [6, 6.07) is 10.6. The zero-order chi connectivity index (χ0) is 12.5. The Labute approximate surface area is 106 Å². The zero-order valence-electron chi connectivity index (χ0n) is 10.2. The number of fused-ring (bicyclic) bond motifs is 1. The highest BCUT2D eigenvalue weighted by Crippen LogP contribution is 2.41. The van der Waals surface area contributed by atoms with Crippen molar-refractivity contribution < 1.29 is 14.6 Å². The van der Waals surface area contributed by atoms with Crippen LogP contribution in [0.3, 0.4) is 0 Å². The smallest absolute Gasteiger partial charge is 0.407 e. The molecule has 2 fully saturated rings. The predicted octanol–water partition coefficient (Wildman–Crippen LogP) is 2.49. The minimum Gasteiger partial charge on any atom is -0.465 e. The topological polar surface area (TPSA) is 49.5 Å². The quantitative estimate of drug-likeness (QED) is 0.835. The summed E-state index contributed by atoms with van der Waals surface area (Å²) in [6.45, 7) is 0.621. The lowest BCUT2D eigenvalue weighted by molar-refractivity contribution is 0.0219. The number of carbonyl (C=O) groups is 1. The SMILES string of the molecule is O=C(O)N1C2CCC(OCc3ccccc3)CC21. The molecule has 4 nitrogen and oxygen atoms in total. The van der Waals surface area contributed by atoms with E-state index in [0.29, 0.717) is 6.61 Å². The highest BCUT2D eigenvalue weighted by atomic mass is 16.5. The molecule has 18 heavy (non-hydrogen) atoms. The summed E-state index contributed by atoms with van der Waals surface area (Å²) in [6.07, 6.45) is 2.18. The van der Waals surface area contributed by atoms with Crippen LogP contribution in [0.5, 0.6) is 0 Å². The number of benzene rings is 1. The van der Waals surface area contributed by atoms with Gasteiger partial charge in [0.2, 0.25) is 0 Å². The van der Waals surface area contributed by atoms with Crippen molar-refractivity contribution in [3.63, 3.8) is 0 Å². The standard InChI is InChI=1S/C14H17NO3/c16-14(17)15-12-7-6-11(8-13(12)15)18-9-10-4-2-1-3-5-10/h1-5,11-13H,6-9H2,(H,16,17). The average molecular weight is 247 g/mol. The molecule has 1 aromatic carbocycles. The highest BCUT2D eigenvalue weighted by molar-refractivity contribution is 5.69. The number of likely N-dealkylation sites (tertiary alicyclic amines) is 1. The second-order valence-electron chi connectivity index (χ2n) is 5.06. The fraction of sp³-hybridized carbons (Fsp3) is 0.500. The number of hydrogen-bond donors (Lipinski definition) is 1. The summed E-state index contributed by atoms with van der Waals surface area (Å²) in [4.78, 5) is 12.5. The summed E-state index contributed by atoms with van der Waals surface area (Å²) in [5.74, 6) is 0. The first-order valence-electron chi connectivity index (χ1n) is 6.42. The summed E-state index contributed by atoms with van der Waals surface area (Å²) >= 11 is 0. The fourth-order valence-electron chi connectivity index (χ4n) is 2.90. The van der Waals surface area contributed by atoms with Crippen LogP contribution in [0.2, 0.25) is 0 Å². The third-order valence-corrected chi connectivity index (χ3v) is 3.91. The van der Waals surface area contributed by atoms with E-state index >= 15 is 0 Å². The van der Waals surface area contributed by atoms with E-state index in [1.807, 2.05) is 30.3 Å². The minimum absolute atomic E-state index is 0.204. The highest BCUT2D eigenvalue weighted by Gasteiger charge is 2.54. The third kappa shape index (κ3) is 2.20. The van der Waals surface area contributed by atoms with E-state index in [1.165, 1.54) is 5.56 Å². The van der Waals surface area contributed by atoms with Crippen molar-refractivity contribution in [2.24, 2.45) is 0 Å². The predicted molar refractivity (Wildman–Crippen MR) is 66.3 cm³/mol. The third-order valence-electron chi connectivity index (χ3n) is 3.91. The second kappa shape index (κ2) is 4.61. The minimum atomic E-state index is -0.784. The molecule has 0 spiro atoms. The van der Waals surface area contributed by atoms with Crippen LogP contribution in [0.15, 0.2) is 30.3 Å². The Balaban J connectivity index is 1.50. The molecule has 0 bridgehead atoms. The molecule has 1 heterocycles. The van der Waals surface area contributed by atoms with E-state index in [4.69, 9.17) is 9.84 Å². The fourth-order valence-corrected chi connectivity index (χ4v) is 2.90. The van der Waals surface area contributed by atoms with E-state index in [1.54, 1.807) is 4.90 Å². The molecule has 2 aliphatic rings. The van der Waals surface area contributed by atoms with Crippen molar-refractivity contribution >= 4 is 6.09 Å². The molecule has 1 saturated carbocycles. The van der Waals surface area contributed by atoms with Gasteiger partial charge in [0.25, 0.3) is 0 Å². The lowest BCUT2D eigenvalue weighted by atomic mass is 9.98. The van der Waals surface area contributed by atoms with Crippen LogP contribution in [-0.2, 0) is 11.3 Å². The summed E-state index contributed by atoms with van der Waals surface area (Å²) in [5, 5.41) is 8.96. The number of carboxylic acid groups (broad SMARTS) is 1. The van der Waals surface area contributed by atoms with Crippen LogP contribution in [0.1, 0.15) is 24.8 Å². The van der Waals surface area contributed by atoms with Gasteiger partial charge in [-0.15, -0.1) is 0 Å². The monoisotopic (exact) mass is 247 g/mol. The molecule has 1 aromatic rings. The molecule has 1 aliphatic carbocycles. The van der Waals surface area contributed by atoms with E-state index in [9.17, 15) is 4.79 Å². The van der Waals surface area contributed by atoms with Gasteiger partial charge in [0, 0.05) is 0 Å². The first kappa shape index (κ1) is 11.5. The number of hydrogen-bond acceptors (Lipinski definition) is 2. The maximum absolute atomic E-state index is 10.9. The largest absolute Gasteiger partial charge is 0.465 e. The Morgan fingerprint density at radius 3 is 2.78 bits per heavy atom. The Hall–Kier alpha value is -1.55. The van der Waals surface area contributed by atoms with Crippen molar-refractivity contribution in [1.29, 1.82) is 0 Å². The molecule has 3 unspecified atom stereocenters. The maximum atomic E-state index is 10.9. The zero-order valence-corrected chi connectivity index (χ0v) is 10.2. The van der Waals surface area contributed by atoms with Gasteiger partial charge in [-0.25, -0.2) is 4.79 Å². The number of amides is 1. The average Bonchev–Trinajstić information content (AvgIpc) is 3.11. The van der Waals surface area contributed by atoms with Gasteiger partial charge in [0.05, 0.1) is 24.8 Å². The summed E-state index contributed by atoms with van der Waals surface area (Å²) < 4.78 is 5.87. The van der Waals surface area contributed by atoms with Crippen molar-refractivity contribution in [2.45, 2.75) is 44.1 Å².